The van der Waals surface area contributed by atoms with Crippen LogP contribution in [0.5, 0.6) is 0 Å². The van der Waals surface area contributed by atoms with E-state index in [4.69, 9.17) is 10.7 Å². The van der Waals surface area contributed by atoms with Crippen molar-refractivity contribution in [2.45, 2.75) is 31.5 Å². The van der Waals surface area contributed by atoms with Crippen LogP contribution in [0.15, 0.2) is 23.4 Å². The molecule has 0 atom stereocenters. The Morgan fingerprint density at radius 3 is 2.33 bits per heavy atom. The number of nitrogens with zero attached hydrogens (tertiary/aromatic N) is 3. The van der Waals surface area contributed by atoms with Gasteiger partial charge >= 0.3 is 0 Å². The number of hydrogen-bond acceptors (Lipinski definition) is 4. The summed E-state index contributed by atoms with van der Waals surface area (Å²) < 4.78 is 51.6. The fraction of sp³-hybridized carbons (Fsp3) is 0.333. The molecule has 0 amide bonds. The van der Waals surface area contributed by atoms with E-state index in [0.717, 1.165) is 10.6 Å². The van der Waals surface area contributed by atoms with E-state index < -0.39 is 31.4 Å². The lowest BCUT2D eigenvalue weighted by Gasteiger charge is -2.24. The van der Waals surface area contributed by atoms with Gasteiger partial charge in [0.25, 0.3) is 14.2 Å². The lowest BCUT2D eigenvalue weighted by molar-refractivity contribution is 0.366. The van der Waals surface area contributed by atoms with Crippen molar-refractivity contribution in [3.05, 3.63) is 29.8 Å². The molecule has 21 heavy (non-hydrogen) atoms. The third-order valence-corrected chi connectivity index (χ3v) is 3.83. The van der Waals surface area contributed by atoms with E-state index in [2.05, 4.69) is 10.2 Å². The molecule has 0 bridgehead atoms. The molecule has 0 saturated heterocycles. The predicted octanol–water partition coefficient (Wildman–Crippen LogP) is 2.91. The van der Waals surface area contributed by atoms with E-state index in [1.54, 1.807) is 20.8 Å². The van der Waals surface area contributed by atoms with Gasteiger partial charge in [-0.1, -0.05) is 6.07 Å². The number of benzene rings is 1. The van der Waals surface area contributed by atoms with Crippen molar-refractivity contribution in [3.63, 3.8) is 0 Å². The van der Waals surface area contributed by atoms with Crippen LogP contribution in [-0.4, -0.2) is 23.2 Å². The summed E-state index contributed by atoms with van der Waals surface area (Å²) in [4.78, 5) is 0. The molecule has 0 aliphatic rings. The average molecular weight is 336 g/mol. The summed E-state index contributed by atoms with van der Waals surface area (Å²) in [5.41, 5.74) is -1.00. The van der Waals surface area contributed by atoms with Crippen LogP contribution in [0.4, 0.5) is 8.78 Å². The van der Waals surface area contributed by atoms with Crippen molar-refractivity contribution in [1.29, 1.82) is 0 Å². The Labute approximate surface area is 125 Å². The number of halogens is 3. The van der Waals surface area contributed by atoms with E-state index in [1.807, 2.05) is 0 Å². The van der Waals surface area contributed by atoms with Crippen LogP contribution < -0.4 is 0 Å². The lowest BCUT2D eigenvalue weighted by atomic mass is 10.1. The Hall–Kier alpha value is -1.54. The summed E-state index contributed by atoms with van der Waals surface area (Å²) in [7, 11) is 1.14. The first-order chi connectivity index (χ1) is 9.53. The second kappa shape index (κ2) is 5.03. The largest absolute Gasteiger partial charge is 0.296 e. The molecule has 2 rings (SSSR count). The highest BCUT2D eigenvalue weighted by atomic mass is 35.7. The van der Waals surface area contributed by atoms with Gasteiger partial charge in [0.1, 0.15) is 0 Å². The predicted molar refractivity (Wildman–Crippen MR) is 73.4 cm³/mol. The quantitative estimate of drug-likeness (QED) is 0.791. The molecule has 1 aromatic heterocycles. The minimum Gasteiger partial charge on any atom is -0.291 e. The molecule has 1 heterocycles. The highest BCUT2D eigenvalue weighted by molar-refractivity contribution is 8.13. The number of rotatable bonds is 2. The fourth-order valence-electron chi connectivity index (χ4n) is 1.88. The normalized spacial score (nSPS) is 12.7. The van der Waals surface area contributed by atoms with Crippen molar-refractivity contribution in [2.75, 3.05) is 0 Å². The number of hydrogen-bond donors (Lipinski definition) is 0. The zero-order valence-corrected chi connectivity index (χ0v) is 13.0. The van der Waals surface area contributed by atoms with E-state index in [-0.39, 0.29) is 11.4 Å². The maximum absolute atomic E-state index is 13.9. The van der Waals surface area contributed by atoms with Crippen molar-refractivity contribution in [3.8, 4) is 11.4 Å². The third-order valence-electron chi connectivity index (χ3n) is 2.71. The molecule has 0 saturated carbocycles. The zero-order chi connectivity index (χ0) is 16.0. The molecular weight excluding hydrogens is 324 g/mol. The second-order valence-corrected chi connectivity index (χ2v) is 7.81. The van der Waals surface area contributed by atoms with Gasteiger partial charge in [0.15, 0.2) is 17.5 Å². The molecule has 0 fully saturated rings. The molecule has 0 N–H and O–H groups in total. The average Bonchev–Trinajstić information content (AvgIpc) is 2.76. The highest BCUT2D eigenvalue weighted by Gasteiger charge is 2.31. The van der Waals surface area contributed by atoms with Crippen LogP contribution in [-0.2, 0) is 14.6 Å². The van der Waals surface area contributed by atoms with Crippen LogP contribution in [0.25, 0.3) is 11.4 Å². The first-order valence-electron chi connectivity index (χ1n) is 5.88. The van der Waals surface area contributed by atoms with Gasteiger partial charge in [-0.25, -0.2) is 17.2 Å². The van der Waals surface area contributed by atoms with Gasteiger partial charge in [-0.15, -0.1) is 10.2 Å². The molecule has 0 radical (unpaired) electrons. The number of aromatic nitrogens is 3. The summed E-state index contributed by atoms with van der Waals surface area (Å²) in [5, 5.41) is 6.65. The first kappa shape index (κ1) is 15.8. The van der Waals surface area contributed by atoms with E-state index >= 15 is 0 Å². The smallest absolute Gasteiger partial charge is 0.291 e. The summed E-state index contributed by atoms with van der Waals surface area (Å²) in [6.45, 7) is 5.01. The molecule has 5 nitrogen and oxygen atoms in total. The van der Waals surface area contributed by atoms with E-state index in [0.29, 0.717) is 0 Å². The van der Waals surface area contributed by atoms with Gasteiger partial charge in [-0.2, -0.15) is 0 Å². The molecule has 114 valence electrons. The topological polar surface area (TPSA) is 64.8 Å². The summed E-state index contributed by atoms with van der Waals surface area (Å²) in [6, 6.07) is 3.54. The maximum Gasteiger partial charge on any atom is 0.296 e. The van der Waals surface area contributed by atoms with Crippen LogP contribution in [0, 0.1) is 11.6 Å². The zero-order valence-electron chi connectivity index (χ0n) is 11.4. The van der Waals surface area contributed by atoms with E-state index in [9.17, 15) is 17.2 Å². The van der Waals surface area contributed by atoms with Gasteiger partial charge in [-0.3, -0.25) is 4.57 Å². The molecule has 0 aliphatic carbocycles. The highest BCUT2D eigenvalue weighted by Crippen LogP contribution is 2.31. The summed E-state index contributed by atoms with van der Waals surface area (Å²) >= 11 is 0. The lowest BCUT2D eigenvalue weighted by Crippen LogP contribution is -2.26. The molecule has 0 unspecified atom stereocenters. The van der Waals surface area contributed by atoms with Crippen LogP contribution in [0.2, 0.25) is 0 Å². The monoisotopic (exact) mass is 335 g/mol. The van der Waals surface area contributed by atoms with Gasteiger partial charge < -0.3 is 0 Å². The molecule has 0 spiro atoms. The summed E-state index contributed by atoms with van der Waals surface area (Å²) in [5.74, 6) is -2.31. The third kappa shape index (κ3) is 2.91. The van der Waals surface area contributed by atoms with Crippen molar-refractivity contribution in [1.82, 2.24) is 14.8 Å². The minimum absolute atomic E-state index is 0.112. The Morgan fingerprint density at radius 2 is 1.81 bits per heavy atom. The van der Waals surface area contributed by atoms with E-state index in [1.165, 1.54) is 12.1 Å². The van der Waals surface area contributed by atoms with Gasteiger partial charge in [0.05, 0.1) is 5.56 Å². The van der Waals surface area contributed by atoms with Crippen LogP contribution in [0.1, 0.15) is 20.8 Å². The van der Waals surface area contributed by atoms with Crippen molar-refractivity contribution >= 4 is 19.7 Å². The SMILES string of the molecule is CC(C)(C)n1c(-c2cccc(F)c2F)nnc1S(=O)(=O)Cl. The van der Waals surface area contributed by atoms with Crippen molar-refractivity contribution in [2.24, 2.45) is 0 Å². The van der Waals surface area contributed by atoms with Crippen LogP contribution in [0.3, 0.4) is 0 Å². The Bertz CT molecular complexity index is 797. The standard InChI is InChI=1S/C12H12ClF2N3O2S/c1-12(2,3)18-10(16-17-11(18)21(13,19)20)7-5-4-6-8(14)9(7)15/h4-6H,1-3H3. The second-order valence-electron chi connectivity index (χ2n) is 5.35. The molecular formula is C12H12ClF2N3O2S. The van der Waals surface area contributed by atoms with Gasteiger partial charge in [-0.05, 0) is 32.9 Å². The van der Waals surface area contributed by atoms with Crippen molar-refractivity contribution < 1.29 is 17.2 Å². The molecule has 1 aromatic carbocycles. The maximum atomic E-state index is 13.9. The fourth-order valence-corrected chi connectivity index (χ4v) is 2.90. The first-order valence-corrected chi connectivity index (χ1v) is 8.19. The Morgan fingerprint density at radius 1 is 1.19 bits per heavy atom. The molecule has 2 aromatic rings. The molecule has 0 aliphatic heterocycles. The van der Waals surface area contributed by atoms with Gasteiger partial charge in [0.2, 0.25) is 0 Å². The van der Waals surface area contributed by atoms with Gasteiger partial charge in [0, 0.05) is 16.2 Å². The van der Waals surface area contributed by atoms with Crippen LogP contribution >= 0.6 is 10.7 Å². The Balaban J connectivity index is 2.83. The minimum atomic E-state index is -4.18. The Kier molecular flexibility index (Phi) is 3.79. The molecule has 9 heteroatoms. The summed E-state index contributed by atoms with van der Waals surface area (Å²) in [6.07, 6.45) is 0.